The largest absolute Gasteiger partial charge is 0.496 e. The molecule has 154 valence electrons. The van der Waals surface area contributed by atoms with Gasteiger partial charge in [-0.3, -0.25) is 9.36 Å². The number of aromatic nitrogens is 4. The molecule has 0 N–H and O–H groups in total. The second kappa shape index (κ2) is 7.44. The summed E-state index contributed by atoms with van der Waals surface area (Å²) < 4.78 is 7.38. The monoisotopic (exact) mass is 404 g/mol. The number of anilines is 1. The summed E-state index contributed by atoms with van der Waals surface area (Å²) in [5, 5.41) is 0. The second-order valence-electron chi connectivity index (χ2n) is 7.77. The number of carbonyl (C=O) groups excluding carboxylic acids is 1. The fraction of sp³-hybridized carbons (Fsp3) is 0.364. The van der Waals surface area contributed by atoms with Gasteiger partial charge in [-0.25, -0.2) is 15.0 Å². The fourth-order valence-electron chi connectivity index (χ4n) is 4.25. The second-order valence-corrected chi connectivity index (χ2v) is 7.77. The lowest BCUT2D eigenvalue weighted by molar-refractivity contribution is -0.134. The molecule has 1 saturated heterocycles. The molecule has 0 unspecified atom stereocenters. The van der Waals surface area contributed by atoms with Gasteiger partial charge < -0.3 is 14.5 Å². The van der Waals surface area contributed by atoms with Gasteiger partial charge in [0.05, 0.1) is 12.5 Å². The van der Waals surface area contributed by atoms with E-state index in [0.717, 1.165) is 48.9 Å². The van der Waals surface area contributed by atoms with E-state index in [1.807, 2.05) is 46.0 Å². The fourth-order valence-corrected chi connectivity index (χ4v) is 4.25. The molecule has 8 heteroatoms. The van der Waals surface area contributed by atoms with Gasteiger partial charge in [-0.2, -0.15) is 0 Å². The van der Waals surface area contributed by atoms with Crippen molar-refractivity contribution in [3.8, 4) is 11.6 Å². The molecule has 8 nitrogen and oxygen atoms in total. The first-order chi connectivity index (χ1) is 14.7. The van der Waals surface area contributed by atoms with Gasteiger partial charge in [0.2, 0.25) is 5.91 Å². The van der Waals surface area contributed by atoms with Gasteiger partial charge in [0.15, 0.2) is 0 Å². The van der Waals surface area contributed by atoms with Crippen LogP contribution in [0, 0.1) is 0 Å². The highest BCUT2D eigenvalue weighted by Gasteiger charge is 2.54. The molecule has 1 aromatic carbocycles. The first-order valence-electron chi connectivity index (χ1n) is 10.2. The maximum Gasteiger partial charge on any atom is 0.233 e. The van der Waals surface area contributed by atoms with Crippen LogP contribution in [0.5, 0.6) is 5.75 Å². The number of amides is 1. The Kier molecular flexibility index (Phi) is 4.61. The van der Waals surface area contributed by atoms with Crippen LogP contribution in [0.1, 0.15) is 18.4 Å². The first kappa shape index (κ1) is 18.6. The molecule has 3 heterocycles. The third-order valence-electron chi connectivity index (χ3n) is 6.08. The number of hydrogen-bond donors (Lipinski definition) is 0. The van der Waals surface area contributed by atoms with E-state index < -0.39 is 5.41 Å². The zero-order valence-electron chi connectivity index (χ0n) is 16.9. The number of piperazine rings is 1. The summed E-state index contributed by atoms with van der Waals surface area (Å²) in [6.45, 7) is 2.85. The van der Waals surface area contributed by atoms with Crippen molar-refractivity contribution in [2.24, 2.45) is 0 Å². The Labute approximate surface area is 175 Å². The van der Waals surface area contributed by atoms with E-state index in [1.165, 1.54) is 0 Å². The Morgan fingerprint density at radius 1 is 1.07 bits per heavy atom. The minimum absolute atomic E-state index is 0.216. The minimum Gasteiger partial charge on any atom is -0.496 e. The van der Waals surface area contributed by atoms with Crippen molar-refractivity contribution in [3.05, 3.63) is 60.9 Å². The maximum absolute atomic E-state index is 13.4. The highest BCUT2D eigenvalue weighted by Crippen LogP contribution is 2.52. The number of imidazole rings is 1. The SMILES string of the molecule is COc1ccccc1C1(C(=O)N2CCN(c3cc(-n4ccnc4)ncn3)CC2)CC1. The van der Waals surface area contributed by atoms with Crippen LogP contribution in [0.15, 0.2) is 55.4 Å². The van der Waals surface area contributed by atoms with Crippen LogP contribution in [0.3, 0.4) is 0 Å². The Morgan fingerprint density at radius 3 is 2.53 bits per heavy atom. The van der Waals surface area contributed by atoms with E-state index in [2.05, 4.69) is 19.9 Å². The molecule has 2 aromatic heterocycles. The highest BCUT2D eigenvalue weighted by atomic mass is 16.5. The summed E-state index contributed by atoms with van der Waals surface area (Å²) in [6, 6.07) is 9.85. The van der Waals surface area contributed by atoms with E-state index in [9.17, 15) is 4.79 Å². The van der Waals surface area contributed by atoms with Gasteiger partial charge in [0.1, 0.15) is 30.0 Å². The van der Waals surface area contributed by atoms with Crippen molar-refractivity contribution in [3.63, 3.8) is 0 Å². The molecule has 1 saturated carbocycles. The molecule has 0 bridgehead atoms. The van der Waals surface area contributed by atoms with Crippen LogP contribution in [0.4, 0.5) is 5.82 Å². The van der Waals surface area contributed by atoms with Crippen LogP contribution in [0.25, 0.3) is 5.82 Å². The molecule has 2 aliphatic rings. The van der Waals surface area contributed by atoms with Crippen molar-refractivity contribution in [1.29, 1.82) is 0 Å². The number of methoxy groups -OCH3 is 1. The number of hydrogen-bond acceptors (Lipinski definition) is 6. The number of rotatable bonds is 5. The van der Waals surface area contributed by atoms with Gasteiger partial charge >= 0.3 is 0 Å². The lowest BCUT2D eigenvalue weighted by Gasteiger charge is -2.37. The van der Waals surface area contributed by atoms with Crippen molar-refractivity contribution in [2.75, 3.05) is 38.2 Å². The lowest BCUT2D eigenvalue weighted by atomic mass is 9.93. The highest BCUT2D eigenvalue weighted by molar-refractivity contribution is 5.92. The molecule has 0 atom stereocenters. The Morgan fingerprint density at radius 2 is 1.83 bits per heavy atom. The molecule has 1 aliphatic carbocycles. The van der Waals surface area contributed by atoms with Crippen molar-refractivity contribution < 1.29 is 9.53 Å². The summed E-state index contributed by atoms with van der Waals surface area (Å²) in [6.07, 6.45) is 8.63. The standard InChI is InChI=1S/C22H24N6O2/c1-30-18-5-3-2-4-17(18)22(6-7-22)21(29)27-12-10-26(11-13-27)19-14-20(25-15-24-19)28-9-8-23-16-28/h2-5,8-9,14-16H,6-7,10-13H2,1H3. The third kappa shape index (κ3) is 3.18. The average Bonchev–Trinajstić information content (AvgIpc) is 3.43. The normalized spacial score (nSPS) is 17.6. The predicted molar refractivity (Wildman–Crippen MR) is 112 cm³/mol. The van der Waals surface area contributed by atoms with E-state index in [4.69, 9.17) is 4.74 Å². The van der Waals surface area contributed by atoms with E-state index in [1.54, 1.807) is 26.0 Å². The molecule has 0 radical (unpaired) electrons. The summed E-state index contributed by atoms with van der Waals surface area (Å²) >= 11 is 0. The van der Waals surface area contributed by atoms with Crippen LogP contribution in [-0.4, -0.2) is 63.6 Å². The quantitative estimate of drug-likeness (QED) is 0.648. The Balaban J connectivity index is 1.29. The summed E-state index contributed by atoms with van der Waals surface area (Å²) in [5.41, 5.74) is 0.596. The third-order valence-corrected chi connectivity index (χ3v) is 6.08. The van der Waals surface area contributed by atoms with Gasteiger partial charge in [0, 0.05) is 50.2 Å². The van der Waals surface area contributed by atoms with E-state index in [0.29, 0.717) is 13.1 Å². The molecule has 30 heavy (non-hydrogen) atoms. The number of para-hydroxylation sites is 1. The molecular formula is C22H24N6O2. The number of nitrogens with zero attached hydrogens (tertiary/aromatic N) is 6. The smallest absolute Gasteiger partial charge is 0.233 e. The van der Waals surface area contributed by atoms with Crippen LogP contribution < -0.4 is 9.64 Å². The predicted octanol–water partition coefficient (Wildman–Crippen LogP) is 2.05. The number of carbonyl (C=O) groups is 1. The summed E-state index contributed by atoms with van der Waals surface area (Å²) in [4.78, 5) is 30.4. The van der Waals surface area contributed by atoms with Crippen molar-refractivity contribution in [2.45, 2.75) is 18.3 Å². The molecule has 1 aliphatic heterocycles. The van der Waals surface area contributed by atoms with Gasteiger partial charge in [-0.1, -0.05) is 18.2 Å². The first-order valence-corrected chi connectivity index (χ1v) is 10.2. The zero-order chi connectivity index (χ0) is 20.6. The number of benzene rings is 1. The molecular weight excluding hydrogens is 380 g/mol. The van der Waals surface area contributed by atoms with Crippen molar-refractivity contribution >= 4 is 11.7 Å². The summed E-state index contributed by atoms with van der Waals surface area (Å²) in [7, 11) is 1.66. The Hall–Kier alpha value is -3.42. The van der Waals surface area contributed by atoms with E-state index >= 15 is 0 Å². The maximum atomic E-state index is 13.4. The van der Waals surface area contributed by atoms with Gasteiger partial charge in [-0.15, -0.1) is 0 Å². The topological polar surface area (TPSA) is 76.4 Å². The van der Waals surface area contributed by atoms with Gasteiger partial charge in [-0.05, 0) is 18.9 Å². The molecule has 0 spiro atoms. The van der Waals surface area contributed by atoms with Crippen LogP contribution in [0.2, 0.25) is 0 Å². The molecule has 3 aromatic rings. The number of ether oxygens (including phenoxy) is 1. The average molecular weight is 404 g/mol. The zero-order valence-corrected chi connectivity index (χ0v) is 16.9. The molecule has 1 amide bonds. The summed E-state index contributed by atoms with van der Waals surface area (Å²) in [5.74, 6) is 2.67. The minimum atomic E-state index is -0.418. The van der Waals surface area contributed by atoms with Crippen LogP contribution in [-0.2, 0) is 10.2 Å². The van der Waals surface area contributed by atoms with Crippen LogP contribution >= 0.6 is 0 Å². The lowest BCUT2D eigenvalue weighted by Crippen LogP contribution is -2.51. The van der Waals surface area contributed by atoms with Gasteiger partial charge in [0.25, 0.3) is 0 Å². The van der Waals surface area contributed by atoms with Crippen molar-refractivity contribution in [1.82, 2.24) is 24.4 Å². The molecule has 2 fully saturated rings. The molecule has 5 rings (SSSR count). The van der Waals surface area contributed by atoms with E-state index in [-0.39, 0.29) is 5.91 Å². The Bertz CT molecular complexity index is 1040.